The average molecular weight is 362 g/mol. The Morgan fingerprint density at radius 1 is 1.36 bits per heavy atom. The van der Waals surface area contributed by atoms with E-state index in [-0.39, 0.29) is 6.61 Å². The highest BCUT2D eigenvalue weighted by Gasteiger charge is 2.25. The molecule has 0 heterocycles. The number of hydrogen-bond acceptors (Lipinski definition) is 3. The van der Waals surface area contributed by atoms with Crippen LogP contribution in [0, 0.1) is 6.92 Å². The Morgan fingerprint density at radius 2 is 2.04 bits per heavy atom. The van der Waals surface area contributed by atoms with E-state index in [1.54, 1.807) is 18.2 Å². The van der Waals surface area contributed by atoms with E-state index < -0.39 is 17.4 Å². The first-order valence-electron chi connectivity index (χ1n) is 7.99. The maximum absolute atomic E-state index is 12.0. The fraction of sp³-hybridized carbons (Fsp3) is 0.300. The van der Waals surface area contributed by atoms with Gasteiger partial charge in [0.2, 0.25) is 5.24 Å². The zero-order valence-corrected chi connectivity index (χ0v) is 15.5. The molecule has 0 spiro atoms. The molecule has 5 heteroatoms. The first kappa shape index (κ1) is 20.7. The Balaban J connectivity index is 2.55. The van der Waals surface area contributed by atoms with E-state index in [4.69, 9.17) is 16.3 Å². The third-order valence-corrected chi connectivity index (χ3v) is 4.03. The van der Waals surface area contributed by atoms with Crippen LogP contribution >= 0.6 is 11.6 Å². The first-order valence-corrected chi connectivity index (χ1v) is 8.37. The quantitative estimate of drug-likeness (QED) is 0.363. The monoisotopic (exact) mass is 361 g/mol. The number of ether oxygens (including phenoxy) is 1. The summed E-state index contributed by atoms with van der Waals surface area (Å²) in [6, 6.07) is 7.18. The Hall–Kier alpha value is -2.33. The molecule has 25 heavy (non-hydrogen) atoms. The van der Waals surface area contributed by atoms with Crippen LogP contribution in [0.25, 0.3) is 5.57 Å². The third-order valence-electron chi connectivity index (χ3n) is 3.77. The van der Waals surface area contributed by atoms with Crippen molar-refractivity contribution in [3.8, 4) is 0 Å². The highest BCUT2D eigenvalue weighted by atomic mass is 35.5. The van der Waals surface area contributed by atoms with Crippen molar-refractivity contribution in [3.05, 3.63) is 66.8 Å². The number of amides is 1. The Kier molecular flexibility index (Phi) is 8.71. The minimum absolute atomic E-state index is 0.0821. The van der Waals surface area contributed by atoms with E-state index >= 15 is 0 Å². The van der Waals surface area contributed by atoms with Crippen molar-refractivity contribution in [2.75, 3.05) is 13.7 Å². The van der Waals surface area contributed by atoms with Gasteiger partial charge in [0.1, 0.15) is 12.6 Å². The predicted molar refractivity (Wildman–Crippen MR) is 103 cm³/mol. The number of halogens is 1. The summed E-state index contributed by atoms with van der Waals surface area (Å²) in [5.41, 5.74) is 3.00. The molecule has 0 radical (unpaired) electrons. The molecule has 0 unspecified atom stereocenters. The van der Waals surface area contributed by atoms with Crippen molar-refractivity contribution in [1.29, 1.82) is 0 Å². The molecule has 0 aromatic heterocycles. The van der Waals surface area contributed by atoms with Crippen LogP contribution in [0.2, 0.25) is 0 Å². The van der Waals surface area contributed by atoms with Crippen molar-refractivity contribution in [3.63, 3.8) is 0 Å². The number of carbonyl (C=O) groups is 2. The van der Waals surface area contributed by atoms with Gasteiger partial charge in [-0.25, -0.2) is 4.79 Å². The fourth-order valence-electron chi connectivity index (χ4n) is 2.30. The SMILES string of the molecule is C=CCC[C@@H](C(=O)Cl)N(C)C(=O)OC/C=C\C(=C)c1ccccc1C. The van der Waals surface area contributed by atoms with Gasteiger partial charge < -0.3 is 4.74 Å². The number of nitrogens with zero attached hydrogens (tertiary/aromatic N) is 1. The van der Waals surface area contributed by atoms with Gasteiger partial charge in [0, 0.05) is 7.05 Å². The van der Waals surface area contributed by atoms with Gasteiger partial charge in [0.05, 0.1) is 0 Å². The van der Waals surface area contributed by atoms with E-state index in [1.165, 1.54) is 11.9 Å². The molecule has 1 rings (SSSR count). The van der Waals surface area contributed by atoms with Gasteiger partial charge in [-0.2, -0.15) is 0 Å². The number of carbonyl (C=O) groups excluding carboxylic acids is 2. The topological polar surface area (TPSA) is 46.6 Å². The van der Waals surface area contributed by atoms with E-state index in [0.717, 1.165) is 16.7 Å². The molecule has 1 amide bonds. The summed E-state index contributed by atoms with van der Waals surface area (Å²) in [6.07, 6.45) is 5.58. The molecule has 0 aliphatic carbocycles. The molecular formula is C20H24ClNO3. The van der Waals surface area contributed by atoms with Crippen LogP contribution in [0.5, 0.6) is 0 Å². The molecule has 134 valence electrons. The summed E-state index contributed by atoms with van der Waals surface area (Å²) in [6.45, 7) is 9.70. The van der Waals surface area contributed by atoms with Crippen molar-refractivity contribution < 1.29 is 14.3 Å². The minimum atomic E-state index is -0.724. The number of likely N-dealkylation sites (N-methyl/N-ethyl adjacent to an activating group) is 1. The van der Waals surface area contributed by atoms with Gasteiger partial charge in [-0.1, -0.05) is 43.0 Å². The van der Waals surface area contributed by atoms with Crippen LogP contribution < -0.4 is 0 Å². The predicted octanol–water partition coefficient (Wildman–Crippen LogP) is 4.73. The summed E-state index contributed by atoms with van der Waals surface area (Å²) in [5, 5.41) is -0.593. The largest absolute Gasteiger partial charge is 0.445 e. The molecule has 0 aliphatic rings. The molecule has 0 N–H and O–H groups in total. The van der Waals surface area contributed by atoms with E-state index in [9.17, 15) is 9.59 Å². The highest BCUT2D eigenvalue weighted by molar-refractivity contribution is 6.64. The summed E-state index contributed by atoms with van der Waals surface area (Å²) in [7, 11) is 1.49. The summed E-state index contributed by atoms with van der Waals surface area (Å²) in [5.74, 6) is 0. The summed E-state index contributed by atoms with van der Waals surface area (Å²) < 4.78 is 5.15. The Morgan fingerprint density at radius 3 is 2.64 bits per heavy atom. The van der Waals surface area contributed by atoms with E-state index in [2.05, 4.69) is 13.2 Å². The fourth-order valence-corrected chi connectivity index (χ4v) is 2.55. The lowest BCUT2D eigenvalue weighted by Gasteiger charge is -2.23. The molecule has 1 aromatic carbocycles. The summed E-state index contributed by atoms with van der Waals surface area (Å²) in [4.78, 5) is 24.7. The number of rotatable bonds is 9. The van der Waals surface area contributed by atoms with Crippen molar-refractivity contribution >= 4 is 28.5 Å². The number of aryl methyl sites for hydroxylation is 1. The third kappa shape index (κ3) is 6.59. The second-order valence-electron chi connectivity index (χ2n) is 5.62. The minimum Gasteiger partial charge on any atom is -0.445 e. The molecule has 0 bridgehead atoms. The summed E-state index contributed by atoms with van der Waals surface area (Å²) >= 11 is 5.56. The van der Waals surface area contributed by atoms with Crippen molar-refractivity contribution in [2.24, 2.45) is 0 Å². The lowest BCUT2D eigenvalue weighted by atomic mass is 10.0. The number of allylic oxidation sites excluding steroid dienone is 3. The molecule has 0 saturated heterocycles. The molecule has 0 fully saturated rings. The Bertz CT molecular complexity index is 667. The van der Waals surface area contributed by atoms with Crippen LogP contribution in [-0.2, 0) is 9.53 Å². The van der Waals surface area contributed by atoms with Gasteiger partial charge in [-0.3, -0.25) is 9.69 Å². The number of benzene rings is 1. The normalized spacial score (nSPS) is 11.8. The van der Waals surface area contributed by atoms with Crippen LogP contribution in [0.1, 0.15) is 24.0 Å². The lowest BCUT2D eigenvalue weighted by molar-refractivity contribution is -0.115. The lowest BCUT2D eigenvalue weighted by Crippen LogP contribution is -2.41. The van der Waals surface area contributed by atoms with E-state index in [0.29, 0.717) is 12.8 Å². The Labute approximate surface area is 154 Å². The zero-order chi connectivity index (χ0) is 18.8. The molecule has 4 nitrogen and oxygen atoms in total. The van der Waals surface area contributed by atoms with E-state index in [1.807, 2.05) is 31.2 Å². The van der Waals surface area contributed by atoms with Crippen LogP contribution in [0.4, 0.5) is 4.79 Å². The standard InChI is InChI=1S/C20H24ClNO3/c1-5-6-13-18(19(21)23)22(4)20(24)25-14-9-11-16(3)17-12-8-7-10-15(17)2/h5,7-12,18H,1,3,6,13-14H2,2,4H3/b11-9-/t18-/m0/s1. The van der Waals surface area contributed by atoms with Crippen LogP contribution in [-0.4, -0.2) is 35.9 Å². The van der Waals surface area contributed by atoms with Crippen molar-refractivity contribution in [2.45, 2.75) is 25.8 Å². The van der Waals surface area contributed by atoms with Gasteiger partial charge in [0.25, 0.3) is 0 Å². The molecule has 1 atom stereocenters. The molecule has 1 aromatic rings. The van der Waals surface area contributed by atoms with Crippen LogP contribution in [0.3, 0.4) is 0 Å². The van der Waals surface area contributed by atoms with Crippen LogP contribution in [0.15, 0.2) is 55.7 Å². The van der Waals surface area contributed by atoms with Gasteiger partial charge in [-0.15, -0.1) is 6.58 Å². The maximum Gasteiger partial charge on any atom is 0.410 e. The van der Waals surface area contributed by atoms with Gasteiger partial charge in [-0.05, 0) is 54.1 Å². The highest BCUT2D eigenvalue weighted by Crippen LogP contribution is 2.17. The second-order valence-corrected chi connectivity index (χ2v) is 5.99. The maximum atomic E-state index is 12.0. The molecule has 0 aliphatic heterocycles. The smallest absolute Gasteiger partial charge is 0.410 e. The average Bonchev–Trinajstić information content (AvgIpc) is 2.58. The van der Waals surface area contributed by atoms with Gasteiger partial charge >= 0.3 is 6.09 Å². The number of hydrogen-bond donors (Lipinski definition) is 0. The molecule has 0 saturated carbocycles. The van der Waals surface area contributed by atoms with Gasteiger partial charge in [0.15, 0.2) is 0 Å². The molecular weight excluding hydrogens is 338 g/mol. The van der Waals surface area contributed by atoms with Crippen molar-refractivity contribution in [1.82, 2.24) is 4.90 Å². The first-order chi connectivity index (χ1) is 11.9. The second kappa shape index (κ2) is 10.5. The zero-order valence-electron chi connectivity index (χ0n) is 14.7.